The highest BCUT2D eigenvalue weighted by Crippen LogP contribution is 2.21. The molecule has 0 fully saturated rings. The largest absolute Gasteiger partial charge is 0.379 e. The molecule has 6 heteroatoms. The summed E-state index contributed by atoms with van der Waals surface area (Å²) in [6.45, 7) is 2.60. The fourth-order valence-corrected chi connectivity index (χ4v) is 2.90. The van der Waals surface area contributed by atoms with Gasteiger partial charge in [0.15, 0.2) is 4.96 Å². The SMILES string of the molecule is Cc1nc2sccn2c1CNc1ccc(F)c(Cl)c1. The lowest BCUT2D eigenvalue weighted by Gasteiger charge is -2.07. The molecule has 3 rings (SSSR count). The molecule has 3 aromatic rings. The topological polar surface area (TPSA) is 29.3 Å². The molecule has 0 spiro atoms. The number of nitrogens with one attached hydrogen (secondary N) is 1. The molecule has 0 amide bonds. The molecule has 0 atom stereocenters. The quantitative estimate of drug-likeness (QED) is 0.788. The number of imidazole rings is 1. The van der Waals surface area contributed by atoms with Crippen molar-refractivity contribution < 1.29 is 4.39 Å². The van der Waals surface area contributed by atoms with Crippen molar-refractivity contribution in [3.05, 3.63) is 52.0 Å². The molecule has 0 aliphatic rings. The van der Waals surface area contributed by atoms with Gasteiger partial charge in [0.25, 0.3) is 0 Å². The number of hydrogen-bond acceptors (Lipinski definition) is 3. The predicted octanol–water partition coefficient (Wildman–Crippen LogP) is 4.11. The molecule has 1 aromatic carbocycles. The van der Waals surface area contributed by atoms with Crippen LogP contribution >= 0.6 is 22.9 Å². The Balaban J connectivity index is 1.83. The number of hydrogen-bond donors (Lipinski definition) is 1. The minimum Gasteiger partial charge on any atom is -0.379 e. The predicted molar refractivity (Wildman–Crippen MR) is 76.5 cm³/mol. The lowest BCUT2D eigenvalue weighted by Crippen LogP contribution is -2.03. The van der Waals surface area contributed by atoms with E-state index in [-0.39, 0.29) is 5.02 Å². The Kier molecular flexibility index (Phi) is 3.16. The molecule has 2 heterocycles. The van der Waals surface area contributed by atoms with Crippen LogP contribution in [-0.2, 0) is 6.54 Å². The summed E-state index contributed by atoms with van der Waals surface area (Å²) in [6.07, 6.45) is 1.99. The highest BCUT2D eigenvalue weighted by atomic mass is 35.5. The molecule has 0 aliphatic carbocycles. The molecule has 0 aliphatic heterocycles. The third-order valence-corrected chi connectivity index (χ3v) is 3.99. The standard InChI is InChI=1S/C13H11ClFN3S/c1-8-12(18-4-5-19-13(18)17-8)7-16-9-2-3-11(15)10(14)6-9/h2-6,16H,7H2,1H3. The maximum absolute atomic E-state index is 13.1. The van der Waals surface area contributed by atoms with Gasteiger partial charge in [0.2, 0.25) is 0 Å². The number of thiazole rings is 1. The molecule has 0 radical (unpaired) electrons. The summed E-state index contributed by atoms with van der Waals surface area (Å²) in [7, 11) is 0. The zero-order valence-electron chi connectivity index (χ0n) is 10.2. The Morgan fingerprint density at radius 3 is 3.11 bits per heavy atom. The van der Waals surface area contributed by atoms with Crippen molar-refractivity contribution in [3.8, 4) is 0 Å². The van der Waals surface area contributed by atoms with Crippen LogP contribution in [0.1, 0.15) is 11.4 Å². The first kappa shape index (κ1) is 12.4. The van der Waals surface area contributed by atoms with Gasteiger partial charge in [0.1, 0.15) is 5.82 Å². The van der Waals surface area contributed by atoms with Gasteiger partial charge in [0, 0.05) is 17.3 Å². The van der Waals surface area contributed by atoms with Crippen LogP contribution < -0.4 is 5.32 Å². The molecule has 3 nitrogen and oxygen atoms in total. The van der Waals surface area contributed by atoms with Crippen LogP contribution in [0.25, 0.3) is 4.96 Å². The monoisotopic (exact) mass is 295 g/mol. The van der Waals surface area contributed by atoms with Crippen LogP contribution in [0.4, 0.5) is 10.1 Å². The van der Waals surface area contributed by atoms with E-state index in [1.165, 1.54) is 6.07 Å². The van der Waals surface area contributed by atoms with Crippen LogP contribution in [0, 0.1) is 12.7 Å². The Hall–Kier alpha value is -1.59. The number of fused-ring (bicyclic) bond motifs is 1. The second-order valence-corrected chi connectivity index (χ2v) is 5.46. The van der Waals surface area contributed by atoms with Crippen molar-refractivity contribution in [2.24, 2.45) is 0 Å². The molecule has 0 unspecified atom stereocenters. The highest BCUT2D eigenvalue weighted by Gasteiger charge is 2.09. The lowest BCUT2D eigenvalue weighted by molar-refractivity contribution is 0.628. The summed E-state index contributed by atoms with van der Waals surface area (Å²) in [4.78, 5) is 5.45. The molecule has 98 valence electrons. The number of benzene rings is 1. The third kappa shape index (κ3) is 2.31. The maximum atomic E-state index is 13.1. The van der Waals surface area contributed by atoms with E-state index in [9.17, 15) is 4.39 Å². The van der Waals surface area contributed by atoms with E-state index in [0.29, 0.717) is 6.54 Å². The second kappa shape index (κ2) is 4.83. The summed E-state index contributed by atoms with van der Waals surface area (Å²) in [5.41, 5.74) is 2.88. The van der Waals surface area contributed by atoms with Crippen molar-refractivity contribution in [3.63, 3.8) is 0 Å². The normalized spacial score (nSPS) is 11.1. The highest BCUT2D eigenvalue weighted by molar-refractivity contribution is 7.15. The molecule has 1 N–H and O–H groups in total. The average Bonchev–Trinajstić information content (AvgIpc) is 2.92. The van der Waals surface area contributed by atoms with E-state index in [1.807, 2.05) is 18.5 Å². The number of anilines is 1. The maximum Gasteiger partial charge on any atom is 0.194 e. The molecule has 0 bridgehead atoms. The first-order valence-corrected chi connectivity index (χ1v) is 7.01. The van der Waals surface area contributed by atoms with Gasteiger partial charge < -0.3 is 5.32 Å². The van der Waals surface area contributed by atoms with Gasteiger partial charge in [-0.2, -0.15) is 0 Å². The van der Waals surface area contributed by atoms with Crippen molar-refractivity contribution in [1.82, 2.24) is 9.38 Å². The van der Waals surface area contributed by atoms with Crippen molar-refractivity contribution in [2.75, 3.05) is 5.32 Å². The Morgan fingerprint density at radius 1 is 1.47 bits per heavy atom. The van der Waals surface area contributed by atoms with Gasteiger partial charge in [-0.1, -0.05) is 11.6 Å². The Labute approximate surface area is 118 Å². The smallest absolute Gasteiger partial charge is 0.194 e. The number of halogens is 2. The van der Waals surface area contributed by atoms with Gasteiger partial charge in [-0.3, -0.25) is 4.40 Å². The number of rotatable bonds is 3. The number of aromatic nitrogens is 2. The molecule has 0 saturated carbocycles. The van der Waals surface area contributed by atoms with E-state index in [2.05, 4.69) is 14.7 Å². The minimum absolute atomic E-state index is 0.121. The minimum atomic E-state index is -0.409. The average molecular weight is 296 g/mol. The molecular weight excluding hydrogens is 285 g/mol. The fraction of sp³-hybridized carbons (Fsp3) is 0.154. The first-order chi connectivity index (χ1) is 9.15. The Bertz CT molecular complexity index is 735. The Morgan fingerprint density at radius 2 is 2.32 bits per heavy atom. The molecular formula is C13H11ClFN3S. The van der Waals surface area contributed by atoms with Crippen molar-refractivity contribution in [1.29, 1.82) is 0 Å². The summed E-state index contributed by atoms with van der Waals surface area (Å²) < 4.78 is 15.1. The van der Waals surface area contributed by atoms with Gasteiger partial charge in [-0.15, -0.1) is 11.3 Å². The summed E-state index contributed by atoms with van der Waals surface area (Å²) >= 11 is 7.35. The van der Waals surface area contributed by atoms with E-state index in [1.54, 1.807) is 23.5 Å². The number of aryl methyl sites for hydroxylation is 1. The lowest BCUT2D eigenvalue weighted by atomic mass is 10.3. The van der Waals surface area contributed by atoms with Crippen LogP contribution in [0.2, 0.25) is 5.02 Å². The molecule has 2 aromatic heterocycles. The number of nitrogens with zero attached hydrogens (tertiary/aromatic N) is 2. The van der Waals surface area contributed by atoms with Crippen molar-refractivity contribution in [2.45, 2.75) is 13.5 Å². The third-order valence-electron chi connectivity index (χ3n) is 2.94. The van der Waals surface area contributed by atoms with Gasteiger partial charge >= 0.3 is 0 Å². The summed E-state index contributed by atoms with van der Waals surface area (Å²) in [5.74, 6) is -0.409. The van der Waals surface area contributed by atoms with E-state index in [4.69, 9.17) is 11.6 Å². The van der Waals surface area contributed by atoms with E-state index >= 15 is 0 Å². The van der Waals surface area contributed by atoms with Crippen LogP contribution in [0.15, 0.2) is 29.8 Å². The van der Waals surface area contributed by atoms with Gasteiger partial charge in [-0.25, -0.2) is 9.37 Å². The molecule has 19 heavy (non-hydrogen) atoms. The zero-order valence-corrected chi connectivity index (χ0v) is 11.7. The van der Waals surface area contributed by atoms with Crippen molar-refractivity contribution >= 4 is 33.6 Å². The first-order valence-electron chi connectivity index (χ1n) is 5.75. The van der Waals surface area contributed by atoms with Crippen LogP contribution in [0.3, 0.4) is 0 Å². The van der Waals surface area contributed by atoms with Gasteiger partial charge in [-0.05, 0) is 25.1 Å². The van der Waals surface area contributed by atoms with Crippen LogP contribution in [0.5, 0.6) is 0 Å². The van der Waals surface area contributed by atoms with E-state index in [0.717, 1.165) is 22.0 Å². The fourth-order valence-electron chi connectivity index (χ4n) is 1.95. The van der Waals surface area contributed by atoms with Gasteiger partial charge in [0.05, 0.1) is 23.0 Å². The van der Waals surface area contributed by atoms with E-state index < -0.39 is 5.82 Å². The second-order valence-electron chi connectivity index (χ2n) is 4.18. The zero-order chi connectivity index (χ0) is 13.4. The summed E-state index contributed by atoms with van der Waals surface area (Å²) in [5, 5.41) is 5.35. The molecule has 0 saturated heterocycles. The van der Waals surface area contributed by atoms with Crippen LogP contribution in [-0.4, -0.2) is 9.38 Å². The summed E-state index contributed by atoms with van der Waals surface area (Å²) in [6, 6.07) is 4.61.